The second kappa shape index (κ2) is 16.3. The highest BCUT2D eigenvalue weighted by molar-refractivity contribution is 5.94. The van der Waals surface area contributed by atoms with Crippen LogP contribution >= 0.6 is 0 Å². The van der Waals surface area contributed by atoms with Crippen molar-refractivity contribution in [1.82, 2.24) is 4.90 Å². The first-order valence-corrected chi connectivity index (χ1v) is 14.9. The Hall–Kier alpha value is -4.25. The predicted molar refractivity (Wildman–Crippen MR) is 166 cm³/mol. The summed E-state index contributed by atoms with van der Waals surface area (Å²) in [4.78, 5) is 27.2. The lowest BCUT2D eigenvalue weighted by Gasteiger charge is -2.26. The number of rotatable bonds is 15. The maximum atomic E-state index is 14.5. The van der Waals surface area contributed by atoms with E-state index in [1.54, 1.807) is 6.92 Å². The summed E-state index contributed by atoms with van der Waals surface area (Å²) in [6, 6.07) is 35.6. The minimum absolute atomic E-state index is 0.0224. The maximum absolute atomic E-state index is 14.5. The zero-order valence-electron chi connectivity index (χ0n) is 24.4. The molecule has 0 N–H and O–H groups in total. The zero-order chi connectivity index (χ0) is 29.6. The minimum atomic E-state index is -0.253. The van der Waals surface area contributed by atoms with Crippen molar-refractivity contribution < 1.29 is 18.7 Å². The van der Waals surface area contributed by atoms with Gasteiger partial charge >= 0.3 is 5.97 Å². The van der Waals surface area contributed by atoms with E-state index in [0.717, 1.165) is 24.8 Å². The molecular weight excluding hydrogens is 525 g/mol. The lowest BCUT2D eigenvalue weighted by Crippen LogP contribution is -2.34. The van der Waals surface area contributed by atoms with Crippen LogP contribution < -0.4 is 0 Å². The van der Waals surface area contributed by atoms with Crippen LogP contribution in [0.1, 0.15) is 71.1 Å². The van der Waals surface area contributed by atoms with Crippen LogP contribution in [0.25, 0.3) is 0 Å². The highest BCUT2D eigenvalue weighted by atomic mass is 19.1. The van der Waals surface area contributed by atoms with Gasteiger partial charge in [0.15, 0.2) is 0 Å². The van der Waals surface area contributed by atoms with E-state index >= 15 is 0 Å². The van der Waals surface area contributed by atoms with Crippen molar-refractivity contribution in [2.24, 2.45) is 0 Å². The van der Waals surface area contributed by atoms with Gasteiger partial charge in [-0.1, -0.05) is 91.0 Å². The molecule has 0 bridgehead atoms. The third-order valence-electron chi connectivity index (χ3n) is 7.54. The van der Waals surface area contributed by atoms with Crippen molar-refractivity contribution in [3.8, 4) is 0 Å². The largest absolute Gasteiger partial charge is 0.466 e. The van der Waals surface area contributed by atoms with Gasteiger partial charge in [0, 0.05) is 31.0 Å². The number of amides is 1. The third-order valence-corrected chi connectivity index (χ3v) is 7.54. The predicted octanol–water partition coefficient (Wildman–Crippen LogP) is 8.01. The van der Waals surface area contributed by atoms with Crippen LogP contribution in [0.2, 0.25) is 0 Å². The fourth-order valence-corrected chi connectivity index (χ4v) is 5.37. The van der Waals surface area contributed by atoms with Gasteiger partial charge in [-0.2, -0.15) is 0 Å². The van der Waals surface area contributed by atoms with Crippen molar-refractivity contribution in [2.45, 2.75) is 51.4 Å². The minimum Gasteiger partial charge on any atom is -0.466 e. The molecule has 4 aromatic rings. The summed E-state index contributed by atoms with van der Waals surface area (Å²) in [5.74, 6) is -0.308. The van der Waals surface area contributed by atoms with E-state index in [1.807, 2.05) is 59.5 Å². The average molecular weight is 566 g/mol. The highest BCUT2D eigenvalue weighted by Gasteiger charge is 2.20. The molecule has 4 rings (SSSR count). The van der Waals surface area contributed by atoms with E-state index in [4.69, 9.17) is 4.74 Å². The number of hydrogen-bond acceptors (Lipinski definition) is 3. The molecule has 0 aliphatic rings. The molecule has 4 nitrogen and oxygen atoms in total. The summed E-state index contributed by atoms with van der Waals surface area (Å²) in [7, 11) is 0. The Balaban J connectivity index is 1.43. The number of nitrogens with zero attached hydrogens (tertiary/aromatic N) is 1. The molecule has 0 unspecified atom stereocenters. The van der Waals surface area contributed by atoms with E-state index in [-0.39, 0.29) is 30.0 Å². The number of carbonyl (C=O) groups excluding carboxylic acids is 2. The van der Waals surface area contributed by atoms with Crippen LogP contribution in [0.3, 0.4) is 0 Å². The molecule has 0 saturated heterocycles. The van der Waals surface area contributed by atoms with E-state index in [2.05, 4.69) is 48.5 Å². The number of halogens is 1. The monoisotopic (exact) mass is 565 g/mol. The van der Waals surface area contributed by atoms with Crippen LogP contribution in [0.4, 0.5) is 4.39 Å². The molecule has 0 spiro atoms. The molecule has 0 aliphatic carbocycles. The van der Waals surface area contributed by atoms with Crippen LogP contribution in [0.15, 0.2) is 109 Å². The standard InChI is InChI=1S/C37H40FNO3/c1-2-42-36(40)22-12-21-33-28-29(23-24-35(33)38)14-13-26-39(37(41)32-19-10-5-11-20-32)27-25-34(30-15-6-3-7-16-30)31-17-8-4-9-18-31/h3-11,15-20,23-24,28,34H,2,12-14,21-22,25-27H2,1H3. The van der Waals surface area contributed by atoms with Gasteiger partial charge in [0.25, 0.3) is 5.91 Å². The average Bonchev–Trinajstić information content (AvgIpc) is 3.03. The first-order valence-electron chi connectivity index (χ1n) is 14.9. The molecule has 1 amide bonds. The smallest absolute Gasteiger partial charge is 0.305 e. The van der Waals surface area contributed by atoms with Crippen molar-refractivity contribution >= 4 is 11.9 Å². The van der Waals surface area contributed by atoms with Crippen molar-refractivity contribution in [1.29, 1.82) is 0 Å². The van der Waals surface area contributed by atoms with Crippen LogP contribution in [0, 0.1) is 5.82 Å². The highest BCUT2D eigenvalue weighted by Crippen LogP contribution is 2.28. The lowest BCUT2D eigenvalue weighted by atomic mass is 9.88. The van der Waals surface area contributed by atoms with Crippen molar-refractivity contribution in [3.63, 3.8) is 0 Å². The number of carbonyl (C=O) groups is 2. The second-order valence-electron chi connectivity index (χ2n) is 10.5. The van der Waals surface area contributed by atoms with Gasteiger partial charge in [0.1, 0.15) is 5.82 Å². The van der Waals surface area contributed by atoms with Gasteiger partial charge in [-0.3, -0.25) is 9.59 Å². The fraction of sp³-hybridized carbons (Fsp3) is 0.297. The molecule has 0 aromatic heterocycles. The quantitative estimate of drug-likeness (QED) is 0.137. The Kier molecular flexibility index (Phi) is 11.9. The molecule has 0 heterocycles. The topological polar surface area (TPSA) is 46.6 Å². The molecule has 0 radical (unpaired) electrons. The summed E-state index contributed by atoms with van der Waals surface area (Å²) in [5.41, 5.74) is 4.79. The summed E-state index contributed by atoms with van der Waals surface area (Å²) in [5, 5.41) is 0. The first kappa shape index (κ1) is 30.7. The SMILES string of the molecule is CCOC(=O)CCCc1cc(CCCN(CCC(c2ccccc2)c2ccccc2)C(=O)c2ccccc2)ccc1F. The van der Waals surface area contributed by atoms with E-state index < -0.39 is 0 Å². The molecule has 0 atom stereocenters. The van der Waals surface area contributed by atoms with E-state index in [1.165, 1.54) is 17.2 Å². The van der Waals surface area contributed by atoms with Gasteiger partial charge in [-0.15, -0.1) is 0 Å². The number of esters is 1. The molecular formula is C37H40FNO3. The van der Waals surface area contributed by atoms with Crippen molar-refractivity contribution in [3.05, 3.63) is 143 Å². The first-order chi connectivity index (χ1) is 20.5. The van der Waals surface area contributed by atoms with Crippen LogP contribution in [-0.2, 0) is 22.4 Å². The lowest BCUT2D eigenvalue weighted by molar-refractivity contribution is -0.143. The van der Waals surface area contributed by atoms with Gasteiger partial charge in [-0.05, 0) is 79.5 Å². The Morgan fingerprint density at radius 1 is 0.762 bits per heavy atom. The molecule has 0 saturated carbocycles. The maximum Gasteiger partial charge on any atom is 0.305 e. The van der Waals surface area contributed by atoms with Gasteiger partial charge in [-0.25, -0.2) is 4.39 Å². The molecule has 0 aliphatic heterocycles. The summed E-state index contributed by atoms with van der Waals surface area (Å²) >= 11 is 0. The van der Waals surface area contributed by atoms with E-state index in [0.29, 0.717) is 43.7 Å². The summed E-state index contributed by atoms with van der Waals surface area (Å²) in [6.45, 7) is 3.34. The van der Waals surface area contributed by atoms with Crippen LogP contribution in [0.5, 0.6) is 0 Å². The molecule has 42 heavy (non-hydrogen) atoms. The summed E-state index contributed by atoms with van der Waals surface area (Å²) < 4.78 is 19.5. The normalized spacial score (nSPS) is 10.9. The molecule has 5 heteroatoms. The summed E-state index contributed by atoms with van der Waals surface area (Å²) in [6.07, 6.45) is 3.59. The number of aryl methyl sites for hydroxylation is 2. The number of ether oxygens (including phenoxy) is 1. The Morgan fingerprint density at radius 3 is 2.00 bits per heavy atom. The number of benzene rings is 4. The fourth-order valence-electron chi connectivity index (χ4n) is 5.37. The Bertz CT molecular complexity index is 1350. The third kappa shape index (κ3) is 9.13. The second-order valence-corrected chi connectivity index (χ2v) is 10.5. The Morgan fingerprint density at radius 2 is 1.38 bits per heavy atom. The van der Waals surface area contributed by atoms with Crippen LogP contribution in [-0.4, -0.2) is 36.5 Å². The van der Waals surface area contributed by atoms with Gasteiger partial charge < -0.3 is 9.64 Å². The Labute approximate surface area is 249 Å². The van der Waals surface area contributed by atoms with Gasteiger partial charge in [0.05, 0.1) is 6.61 Å². The zero-order valence-corrected chi connectivity index (χ0v) is 24.4. The van der Waals surface area contributed by atoms with Gasteiger partial charge in [0.2, 0.25) is 0 Å². The van der Waals surface area contributed by atoms with E-state index in [9.17, 15) is 14.0 Å². The molecule has 4 aromatic carbocycles. The molecule has 218 valence electrons. The number of hydrogen-bond donors (Lipinski definition) is 0. The molecule has 0 fully saturated rings. The van der Waals surface area contributed by atoms with Crippen molar-refractivity contribution in [2.75, 3.05) is 19.7 Å².